The van der Waals surface area contributed by atoms with E-state index in [1.807, 2.05) is 47.8 Å². The third-order valence-electron chi connectivity index (χ3n) is 6.35. The lowest BCUT2D eigenvalue weighted by Gasteiger charge is -2.26. The zero-order valence-electron chi connectivity index (χ0n) is 19.1. The molecule has 1 aromatic heterocycles. The van der Waals surface area contributed by atoms with E-state index in [-0.39, 0.29) is 17.7 Å². The molecule has 1 aliphatic carbocycles. The van der Waals surface area contributed by atoms with Crippen LogP contribution in [0.5, 0.6) is 0 Å². The van der Waals surface area contributed by atoms with Gasteiger partial charge >= 0.3 is 0 Å². The molecule has 2 aromatic carbocycles. The molecule has 3 aromatic rings. The van der Waals surface area contributed by atoms with Crippen LogP contribution in [0.2, 0.25) is 0 Å². The average molecular weight is 490 g/mol. The van der Waals surface area contributed by atoms with Crippen LogP contribution in [0.4, 0.5) is 5.13 Å². The average Bonchev–Trinajstić information content (AvgIpc) is 3.36. The summed E-state index contributed by atoms with van der Waals surface area (Å²) >= 11 is 1.32. The number of benzene rings is 2. The smallest absolute Gasteiger partial charge is 0.251 e. The largest absolute Gasteiger partial charge is 0.349 e. The molecule has 0 bridgehead atoms. The van der Waals surface area contributed by atoms with Gasteiger partial charge in [-0.25, -0.2) is 4.98 Å². The number of amides is 3. The van der Waals surface area contributed by atoms with Crippen molar-refractivity contribution >= 4 is 34.2 Å². The second kappa shape index (κ2) is 9.97. The molecular formula is C26H27N5O3S. The number of carbonyl (C=O) groups excluding carboxylic acids is 3. The number of anilines is 1. The topological polar surface area (TPSA) is 117 Å². The summed E-state index contributed by atoms with van der Waals surface area (Å²) in [6.07, 6.45) is 3.42. The Morgan fingerprint density at radius 3 is 2.49 bits per heavy atom. The summed E-state index contributed by atoms with van der Waals surface area (Å²) in [7, 11) is 0. The van der Waals surface area contributed by atoms with Gasteiger partial charge in [0.1, 0.15) is 12.1 Å². The number of aromatic nitrogens is 1. The number of hydrogen-bond acceptors (Lipinski definition) is 6. The third kappa shape index (κ3) is 5.26. The number of hydrogen-bond donors (Lipinski definition) is 3. The van der Waals surface area contributed by atoms with Crippen LogP contribution in [0.3, 0.4) is 0 Å². The Morgan fingerprint density at radius 2 is 1.77 bits per heavy atom. The number of nitrogens with one attached hydrogen (secondary N) is 2. The van der Waals surface area contributed by atoms with Crippen LogP contribution >= 0.6 is 11.3 Å². The van der Waals surface area contributed by atoms with Crippen molar-refractivity contribution in [2.45, 2.75) is 43.8 Å². The highest BCUT2D eigenvalue weighted by molar-refractivity contribution is 7.14. The molecule has 2 aliphatic rings. The summed E-state index contributed by atoms with van der Waals surface area (Å²) in [6.45, 7) is 0.501. The molecule has 4 N–H and O–H groups in total. The summed E-state index contributed by atoms with van der Waals surface area (Å²) in [4.78, 5) is 44.3. The quantitative estimate of drug-likeness (QED) is 0.471. The van der Waals surface area contributed by atoms with Crippen LogP contribution in [0.1, 0.15) is 47.6 Å². The van der Waals surface area contributed by atoms with Crippen molar-refractivity contribution in [3.63, 3.8) is 0 Å². The van der Waals surface area contributed by atoms with Crippen LogP contribution in [0, 0.1) is 0 Å². The van der Waals surface area contributed by atoms with E-state index < -0.39 is 12.1 Å². The molecule has 1 aliphatic heterocycles. The van der Waals surface area contributed by atoms with Crippen molar-refractivity contribution in [2.24, 2.45) is 5.73 Å². The van der Waals surface area contributed by atoms with Crippen molar-refractivity contribution in [1.82, 2.24) is 15.2 Å². The Hall–Kier alpha value is -3.56. The lowest BCUT2D eigenvalue weighted by Crippen LogP contribution is -2.46. The molecule has 2 fully saturated rings. The fourth-order valence-electron chi connectivity index (χ4n) is 4.23. The molecule has 2 atom stereocenters. The number of likely N-dealkylation sites (tertiary alicyclic amines) is 1. The van der Waals surface area contributed by atoms with Gasteiger partial charge in [0.15, 0.2) is 5.13 Å². The Morgan fingerprint density at radius 1 is 1.03 bits per heavy atom. The van der Waals surface area contributed by atoms with E-state index >= 15 is 0 Å². The standard InChI is InChI=1S/C26H27N5O3S/c27-22(17-5-2-1-3-6-17)25(34)31-14-4-7-21(31)24(33)30-26-29-20(15-35-26)16-8-10-18(11-9-16)23(32)28-19-12-13-19/h1-3,5-6,8-11,15,19,21-22H,4,7,12-14,27H2,(H,28,32)(H,29,30,33)/t21-,22+/m0/s1. The van der Waals surface area contributed by atoms with E-state index in [0.29, 0.717) is 35.4 Å². The minimum atomic E-state index is -0.801. The number of nitrogens with zero attached hydrogens (tertiary/aromatic N) is 2. The summed E-state index contributed by atoms with van der Waals surface area (Å²) in [5.41, 5.74) is 9.11. The molecule has 5 rings (SSSR count). The van der Waals surface area contributed by atoms with Crippen molar-refractivity contribution < 1.29 is 14.4 Å². The lowest BCUT2D eigenvalue weighted by atomic mass is 10.1. The van der Waals surface area contributed by atoms with Gasteiger partial charge in [-0.3, -0.25) is 14.4 Å². The first kappa shape index (κ1) is 23.2. The molecule has 0 radical (unpaired) electrons. The lowest BCUT2D eigenvalue weighted by molar-refractivity contribution is -0.137. The van der Waals surface area contributed by atoms with Crippen molar-refractivity contribution in [3.05, 3.63) is 71.1 Å². The van der Waals surface area contributed by atoms with Gasteiger partial charge < -0.3 is 21.3 Å². The predicted molar refractivity (Wildman–Crippen MR) is 135 cm³/mol. The van der Waals surface area contributed by atoms with Crippen molar-refractivity contribution in [3.8, 4) is 11.3 Å². The summed E-state index contributed by atoms with van der Waals surface area (Å²) in [5.74, 6) is -0.573. The molecule has 0 spiro atoms. The highest BCUT2D eigenvalue weighted by atomic mass is 32.1. The molecule has 35 heavy (non-hydrogen) atoms. The van der Waals surface area contributed by atoms with Crippen LogP contribution in [0.15, 0.2) is 60.0 Å². The molecule has 1 saturated heterocycles. The van der Waals surface area contributed by atoms with Gasteiger partial charge in [-0.05, 0) is 43.4 Å². The van der Waals surface area contributed by atoms with Gasteiger partial charge in [0.05, 0.1) is 5.69 Å². The monoisotopic (exact) mass is 489 g/mol. The Bertz CT molecular complexity index is 1220. The Kier molecular flexibility index (Phi) is 6.61. The van der Waals surface area contributed by atoms with Gasteiger partial charge in [-0.1, -0.05) is 42.5 Å². The maximum Gasteiger partial charge on any atom is 0.251 e. The second-order valence-electron chi connectivity index (χ2n) is 8.93. The van der Waals surface area contributed by atoms with Gasteiger partial charge in [0, 0.05) is 29.1 Å². The maximum atomic E-state index is 13.0. The highest BCUT2D eigenvalue weighted by Crippen LogP contribution is 2.28. The third-order valence-corrected chi connectivity index (χ3v) is 7.11. The molecular weight excluding hydrogens is 462 g/mol. The summed E-state index contributed by atoms with van der Waals surface area (Å²) < 4.78 is 0. The minimum Gasteiger partial charge on any atom is -0.349 e. The minimum absolute atomic E-state index is 0.0621. The van der Waals surface area contributed by atoms with E-state index in [1.54, 1.807) is 17.0 Å². The van der Waals surface area contributed by atoms with Crippen LogP contribution in [-0.4, -0.2) is 46.2 Å². The van der Waals surface area contributed by atoms with Gasteiger partial charge in [-0.2, -0.15) is 0 Å². The number of rotatable bonds is 7. The van der Waals surface area contributed by atoms with E-state index in [2.05, 4.69) is 15.6 Å². The van der Waals surface area contributed by atoms with E-state index in [1.165, 1.54) is 11.3 Å². The highest BCUT2D eigenvalue weighted by Gasteiger charge is 2.36. The van der Waals surface area contributed by atoms with E-state index in [0.717, 1.165) is 30.4 Å². The summed E-state index contributed by atoms with van der Waals surface area (Å²) in [5, 5.41) is 8.16. The zero-order valence-corrected chi connectivity index (χ0v) is 20.0. The Balaban J connectivity index is 1.22. The molecule has 3 amide bonds. The molecule has 9 heteroatoms. The van der Waals surface area contributed by atoms with Crippen LogP contribution in [0.25, 0.3) is 11.3 Å². The normalized spacial score (nSPS) is 18.2. The predicted octanol–water partition coefficient (Wildman–Crippen LogP) is 3.33. The van der Waals surface area contributed by atoms with Crippen molar-refractivity contribution in [1.29, 1.82) is 0 Å². The summed E-state index contributed by atoms with van der Waals surface area (Å²) in [6, 6.07) is 15.4. The first-order valence-electron chi connectivity index (χ1n) is 11.8. The van der Waals surface area contributed by atoms with Gasteiger partial charge in [0.2, 0.25) is 11.8 Å². The van der Waals surface area contributed by atoms with E-state index in [4.69, 9.17) is 5.73 Å². The Labute approximate surface area is 207 Å². The fraction of sp³-hybridized carbons (Fsp3) is 0.308. The van der Waals surface area contributed by atoms with Gasteiger partial charge in [-0.15, -0.1) is 11.3 Å². The maximum absolute atomic E-state index is 13.0. The van der Waals surface area contributed by atoms with Crippen molar-refractivity contribution in [2.75, 3.05) is 11.9 Å². The molecule has 180 valence electrons. The number of carbonyl (C=O) groups is 3. The van der Waals surface area contributed by atoms with Gasteiger partial charge in [0.25, 0.3) is 5.91 Å². The molecule has 8 nitrogen and oxygen atoms in total. The molecule has 1 saturated carbocycles. The molecule has 2 heterocycles. The zero-order chi connectivity index (χ0) is 24.4. The van der Waals surface area contributed by atoms with E-state index in [9.17, 15) is 14.4 Å². The second-order valence-corrected chi connectivity index (χ2v) is 9.79. The SMILES string of the molecule is N[C@@H](C(=O)N1CCC[C@H]1C(=O)Nc1nc(-c2ccc(C(=O)NC3CC3)cc2)cs1)c1ccccc1. The molecule has 0 unspecified atom stereocenters. The number of thiazole rings is 1. The number of nitrogens with two attached hydrogens (primary N) is 1. The van der Waals surface area contributed by atoms with Crippen LogP contribution < -0.4 is 16.4 Å². The fourth-order valence-corrected chi connectivity index (χ4v) is 4.95. The van der Waals surface area contributed by atoms with Crippen LogP contribution in [-0.2, 0) is 9.59 Å². The first-order valence-corrected chi connectivity index (χ1v) is 12.7. The first-order chi connectivity index (χ1) is 17.0.